The number of rotatable bonds is 6. The largest absolute Gasteiger partial charge is 0.355 e. The molecule has 114 valence electrons. The highest BCUT2D eigenvalue weighted by molar-refractivity contribution is 6.13. The van der Waals surface area contributed by atoms with Crippen molar-refractivity contribution in [1.82, 2.24) is 5.32 Å². The molecule has 2 amide bonds. The fourth-order valence-corrected chi connectivity index (χ4v) is 2.13. The van der Waals surface area contributed by atoms with Crippen molar-refractivity contribution < 1.29 is 14.0 Å². The predicted molar refractivity (Wildman–Crippen MR) is 79.2 cm³/mol. The van der Waals surface area contributed by atoms with Crippen molar-refractivity contribution in [3.05, 3.63) is 30.1 Å². The first-order valence-corrected chi connectivity index (χ1v) is 7.30. The molecule has 1 aromatic rings. The van der Waals surface area contributed by atoms with E-state index in [1.807, 2.05) is 0 Å². The first kappa shape index (κ1) is 15.5. The van der Waals surface area contributed by atoms with E-state index in [0.29, 0.717) is 25.3 Å². The maximum Gasteiger partial charge on any atom is 0.240 e. The van der Waals surface area contributed by atoms with Gasteiger partial charge in [0.05, 0.1) is 5.69 Å². The van der Waals surface area contributed by atoms with Crippen molar-refractivity contribution >= 4 is 17.5 Å². The number of benzene rings is 1. The molecule has 1 aliphatic rings. The Morgan fingerprint density at radius 1 is 1.24 bits per heavy atom. The zero-order valence-corrected chi connectivity index (χ0v) is 12.4. The van der Waals surface area contributed by atoms with Crippen LogP contribution in [0.25, 0.3) is 0 Å². The Morgan fingerprint density at radius 3 is 2.48 bits per heavy atom. The topological polar surface area (TPSA) is 58.2 Å². The molecule has 2 rings (SSSR count). The number of carbonyl (C=O) groups excluding carboxylic acids is 2. The van der Waals surface area contributed by atoms with Crippen LogP contribution in [-0.4, -0.2) is 18.4 Å². The third-order valence-corrected chi connectivity index (χ3v) is 3.75. The number of amides is 2. The van der Waals surface area contributed by atoms with Gasteiger partial charge in [-0.3, -0.25) is 9.59 Å². The van der Waals surface area contributed by atoms with Crippen LogP contribution in [0.4, 0.5) is 10.1 Å². The zero-order chi connectivity index (χ0) is 15.5. The van der Waals surface area contributed by atoms with Crippen LogP contribution >= 0.6 is 0 Å². The summed E-state index contributed by atoms with van der Waals surface area (Å²) >= 11 is 0. The fraction of sp³-hybridized carbons (Fsp3) is 0.500. The van der Waals surface area contributed by atoms with Gasteiger partial charge in [-0.05, 0) is 37.3 Å². The van der Waals surface area contributed by atoms with Gasteiger partial charge >= 0.3 is 0 Å². The summed E-state index contributed by atoms with van der Waals surface area (Å²) in [6.07, 6.45) is 1.90. The third-order valence-electron chi connectivity index (χ3n) is 3.75. The second kappa shape index (κ2) is 6.24. The second-order valence-electron chi connectivity index (χ2n) is 5.95. The van der Waals surface area contributed by atoms with Crippen LogP contribution in [0.15, 0.2) is 24.3 Å². The van der Waals surface area contributed by atoms with Crippen LogP contribution in [0.1, 0.15) is 33.1 Å². The molecule has 0 unspecified atom stereocenters. The summed E-state index contributed by atoms with van der Waals surface area (Å²) in [7, 11) is 0. The number of hydrogen-bond donors (Lipinski definition) is 2. The van der Waals surface area contributed by atoms with Crippen LogP contribution in [0.2, 0.25) is 0 Å². The molecule has 1 aromatic carbocycles. The molecule has 5 heteroatoms. The summed E-state index contributed by atoms with van der Waals surface area (Å²) in [5.74, 6) is -0.679. The summed E-state index contributed by atoms with van der Waals surface area (Å²) in [6.45, 7) is 4.71. The Kier molecular flexibility index (Phi) is 4.60. The van der Waals surface area contributed by atoms with Gasteiger partial charge in [0.15, 0.2) is 0 Å². The molecular formula is C16H21FN2O2. The van der Waals surface area contributed by atoms with Crippen molar-refractivity contribution in [3.8, 4) is 0 Å². The minimum absolute atomic E-state index is 0.115. The first-order valence-electron chi connectivity index (χ1n) is 7.30. The Balaban J connectivity index is 1.95. The molecule has 4 nitrogen and oxygen atoms in total. The van der Waals surface area contributed by atoms with Crippen molar-refractivity contribution in [2.24, 2.45) is 11.3 Å². The first-order chi connectivity index (χ1) is 9.95. The van der Waals surface area contributed by atoms with Crippen LogP contribution in [0.3, 0.4) is 0 Å². The maximum absolute atomic E-state index is 13.5. The molecule has 1 aliphatic carbocycles. The quantitative estimate of drug-likeness (QED) is 0.792. The maximum atomic E-state index is 13.5. The summed E-state index contributed by atoms with van der Waals surface area (Å²) in [5.41, 5.74) is -0.900. The van der Waals surface area contributed by atoms with E-state index in [1.165, 1.54) is 12.1 Å². The van der Waals surface area contributed by atoms with Gasteiger partial charge in [-0.1, -0.05) is 26.0 Å². The number of para-hydroxylation sites is 1. The molecule has 0 atom stereocenters. The van der Waals surface area contributed by atoms with Gasteiger partial charge in [0.1, 0.15) is 11.2 Å². The smallest absolute Gasteiger partial charge is 0.240 e. The van der Waals surface area contributed by atoms with Gasteiger partial charge in [-0.2, -0.15) is 0 Å². The SMILES string of the molecule is CC(C)CCNC(=O)C1(C(=O)Nc2ccccc2F)CC1. The molecular weight excluding hydrogens is 271 g/mol. The number of anilines is 1. The molecule has 0 heterocycles. The average molecular weight is 292 g/mol. The average Bonchev–Trinajstić information content (AvgIpc) is 3.22. The van der Waals surface area contributed by atoms with E-state index in [0.717, 1.165) is 6.42 Å². The van der Waals surface area contributed by atoms with Crippen molar-refractivity contribution in [2.75, 3.05) is 11.9 Å². The number of carbonyl (C=O) groups is 2. The molecule has 21 heavy (non-hydrogen) atoms. The number of nitrogens with one attached hydrogen (secondary N) is 2. The molecule has 1 fully saturated rings. The summed E-state index contributed by atoms with van der Waals surface area (Å²) in [6, 6.07) is 5.95. The third kappa shape index (κ3) is 3.60. The van der Waals surface area contributed by atoms with E-state index < -0.39 is 17.1 Å². The molecule has 0 bridgehead atoms. The molecule has 0 radical (unpaired) electrons. The van der Waals surface area contributed by atoms with E-state index >= 15 is 0 Å². The van der Waals surface area contributed by atoms with E-state index in [1.54, 1.807) is 12.1 Å². The molecule has 0 aliphatic heterocycles. The highest BCUT2D eigenvalue weighted by Crippen LogP contribution is 2.46. The van der Waals surface area contributed by atoms with Gasteiger partial charge in [-0.15, -0.1) is 0 Å². The van der Waals surface area contributed by atoms with E-state index in [-0.39, 0.29) is 11.6 Å². The Labute approximate surface area is 124 Å². The van der Waals surface area contributed by atoms with Gasteiger partial charge < -0.3 is 10.6 Å². The van der Waals surface area contributed by atoms with Gasteiger partial charge in [-0.25, -0.2) is 4.39 Å². The molecule has 1 saturated carbocycles. The zero-order valence-electron chi connectivity index (χ0n) is 12.4. The summed E-state index contributed by atoms with van der Waals surface area (Å²) in [4.78, 5) is 24.4. The number of halogens is 1. The highest BCUT2D eigenvalue weighted by atomic mass is 19.1. The lowest BCUT2D eigenvalue weighted by Crippen LogP contribution is -2.40. The minimum atomic E-state index is -1.01. The minimum Gasteiger partial charge on any atom is -0.355 e. The lowest BCUT2D eigenvalue weighted by molar-refractivity contribution is -0.134. The van der Waals surface area contributed by atoms with Crippen molar-refractivity contribution in [2.45, 2.75) is 33.1 Å². The highest BCUT2D eigenvalue weighted by Gasteiger charge is 2.56. The molecule has 0 aromatic heterocycles. The van der Waals surface area contributed by atoms with Crippen LogP contribution in [0.5, 0.6) is 0 Å². The van der Waals surface area contributed by atoms with Crippen LogP contribution in [-0.2, 0) is 9.59 Å². The number of hydrogen-bond acceptors (Lipinski definition) is 2. The fourth-order valence-electron chi connectivity index (χ4n) is 2.13. The van der Waals surface area contributed by atoms with E-state index in [2.05, 4.69) is 24.5 Å². The normalized spacial score (nSPS) is 15.6. The van der Waals surface area contributed by atoms with Gasteiger partial charge in [0.2, 0.25) is 11.8 Å². The van der Waals surface area contributed by atoms with E-state index in [4.69, 9.17) is 0 Å². The Bertz CT molecular complexity index is 539. The summed E-state index contributed by atoms with van der Waals surface area (Å²) < 4.78 is 13.5. The lowest BCUT2D eigenvalue weighted by atomic mass is 10.0. The van der Waals surface area contributed by atoms with E-state index in [9.17, 15) is 14.0 Å². The molecule has 0 spiro atoms. The molecule has 2 N–H and O–H groups in total. The van der Waals surface area contributed by atoms with Crippen molar-refractivity contribution in [1.29, 1.82) is 0 Å². The van der Waals surface area contributed by atoms with Gasteiger partial charge in [0, 0.05) is 6.54 Å². The van der Waals surface area contributed by atoms with Crippen molar-refractivity contribution in [3.63, 3.8) is 0 Å². The van der Waals surface area contributed by atoms with Crippen LogP contribution < -0.4 is 10.6 Å². The Hall–Kier alpha value is -1.91. The monoisotopic (exact) mass is 292 g/mol. The van der Waals surface area contributed by atoms with Crippen LogP contribution in [0, 0.1) is 17.2 Å². The van der Waals surface area contributed by atoms with Gasteiger partial charge in [0.25, 0.3) is 0 Å². The molecule has 0 saturated heterocycles. The predicted octanol–water partition coefficient (Wildman–Crippen LogP) is 2.71. The second-order valence-corrected chi connectivity index (χ2v) is 5.95. The summed E-state index contributed by atoms with van der Waals surface area (Å²) in [5, 5.41) is 5.32. The standard InChI is InChI=1S/C16H21FN2O2/c1-11(2)7-10-18-14(20)16(8-9-16)15(21)19-13-6-4-3-5-12(13)17/h3-6,11H,7-10H2,1-2H3,(H,18,20)(H,19,21). The Morgan fingerprint density at radius 2 is 1.90 bits per heavy atom. The lowest BCUT2D eigenvalue weighted by Gasteiger charge is -2.16.